The predicted octanol–water partition coefficient (Wildman–Crippen LogP) is 3.02. The van der Waals surface area contributed by atoms with Crippen LogP contribution in [-0.4, -0.2) is 66.3 Å². The van der Waals surface area contributed by atoms with E-state index >= 15 is 0 Å². The Morgan fingerprint density at radius 2 is 1.90 bits per heavy atom. The highest BCUT2D eigenvalue weighted by Crippen LogP contribution is 2.29. The van der Waals surface area contributed by atoms with Crippen LogP contribution in [0, 0.1) is 0 Å². The summed E-state index contributed by atoms with van der Waals surface area (Å²) in [4.78, 5) is 24.4. The zero-order valence-electron chi connectivity index (χ0n) is 16.8. The van der Waals surface area contributed by atoms with Crippen LogP contribution in [0.25, 0.3) is 0 Å². The van der Waals surface area contributed by atoms with E-state index in [1.54, 1.807) is 17.0 Å². The van der Waals surface area contributed by atoms with Crippen LogP contribution in [0.4, 0.5) is 19.0 Å². The monoisotopic (exact) mass is 436 g/mol. The number of piperazine rings is 1. The van der Waals surface area contributed by atoms with E-state index in [4.69, 9.17) is 9.47 Å². The second-order valence-electron chi connectivity index (χ2n) is 7.51. The molecule has 2 aromatic rings. The van der Waals surface area contributed by atoms with Crippen LogP contribution in [0.5, 0.6) is 5.88 Å². The maximum absolute atomic E-state index is 12.7. The van der Waals surface area contributed by atoms with Gasteiger partial charge in [0.05, 0.1) is 17.2 Å². The Hall–Kier alpha value is -2.88. The lowest BCUT2D eigenvalue weighted by Gasteiger charge is -2.35. The quantitative estimate of drug-likeness (QED) is 0.718. The number of nitrogens with zero attached hydrogens (tertiary/aromatic N) is 4. The van der Waals surface area contributed by atoms with Crippen LogP contribution < -0.4 is 9.64 Å². The zero-order valence-corrected chi connectivity index (χ0v) is 16.8. The number of hydrogen-bond acceptors (Lipinski definition) is 6. The molecule has 2 aliphatic rings. The molecular weight excluding hydrogens is 413 g/mol. The fraction of sp³-hybridized carbons (Fsp3) is 0.476. The van der Waals surface area contributed by atoms with Gasteiger partial charge in [-0.25, -0.2) is 9.97 Å². The van der Waals surface area contributed by atoms with Gasteiger partial charge in [-0.05, 0) is 31.0 Å². The number of aromatic nitrogens is 2. The molecule has 0 saturated carbocycles. The summed E-state index contributed by atoms with van der Waals surface area (Å²) in [6.45, 7) is 3.06. The average molecular weight is 436 g/mol. The minimum absolute atomic E-state index is 0.0959. The third kappa shape index (κ3) is 5.25. The molecule has 2 aliphatic heterocycles. The van der Waals surface area contributed by atoms with Gasteiger partial charge in [-0.15, -0.1) is 0 Å². The van der Waals surface area contributed by atoms with Gasteiger partial charge in [0.1, 0.15) is 12.4 Å². The van der Waals surface area contributed by atoms with Gasteiger partial charge < -0.3 is 19.3 Å². The molecule has 0 bridgehead atoms. The lowest BCUT2D eigenvalue weighted by molar-refractivity contribution is -0.137. The van der Waals surface area contributed by atoms with Crippen molar-refractivity contribution in [3.8, 4) is 5.88 Å². The highest BCUT2D eigenvalue weighted by molar-refractivity contribution is 5.94. The summed E-state index contributed by atoms with van der Waals surface area (Å²) in [6.07, 6.45) is 0.0355. The second-order valence-corrected chi connectivity index (χ2v) is 7.51. The zero-order chi connectivity index (χ0) is 21.8. The third-order valence-electron chi connectivity index (χ3n) is 5.39. The number of pyridine rings is 2. The Morgan fingerprint density at radius 1 is 1.10 bits per heavy atom. The molecule has 2 aromatic heterocycles. The van der Waals surface area contributed by atoms with Crippen LogP contribution >= 0.6 is 0 Å². The Balaban J connectivity index is 1.28. The molecule has 1 amide bonds. The number of carbonyl (C=O) groups excluding carboxylic acids is 1. The molecule has 0 radical (unpaired) electrons. The number of carbonyl (C=O) groups is 1. The summed E-state index contributed by atoms with van der Waals surface area (Å²) in [6, 6.07) is 5.74. The van der Waals surface area contributed by atoms with E-state index in [-0.39, 0.29) is 12.0 Å². The van der Waals surface area contributed by atoms with Crippen molar-refractivity contribution in [3.63, 3.8) is 0 Å². The van der Waals surface area contributed by atoms with Gasteiger partial charge in [0.2, 0.25) is 5.88 Å². The lowest BCUT2D eigenvalue weighted by atomic mass is 10.2. The highest BCUT2D eigenvalue weighted by Gasteiger charge is 2.31. The minimum Gasteiger partial charge on any atom is -0.475 e. The molecule has 0 aliphatic carbocycles. The molecule has 7 nitrogen and oxygen atoms in total. The van der Waals surface area contributed by atoms with E-state index in [1.165, 1.54) is 12.3 Å². The van der Waals surface area contributed by atoms with Gasteiger partial charge in [0.25, 0.3) is 5.91 Å². The molecule has 10 heteroatoms. The van der Waals surface area contributed by atoms with Crippen LogP contribution in [0.15, 0.2) is 36.7 Å². The van der Waals surface area contributed by atoms with Crippen molar-refractivity contribution in [3.05, 3.63) is 47.8 Å². The predicted molar refractivity (Wildman–Crippen MR) is 106 cm³/mol. The Morgan fingerprint density at radius 3 is 2.48 bits per heavy atom. The molecule has 1 atom stereocenters. The van der Waals surface area contributed by atoms with Gasteiger partial charge in [-0.3, -0.25) is 4.79 Å². The number of alkyl halides is 3. The number of ether oxygens (including phenoxy) is 2. The number of hydrogen-bond donors (Lipinski definition) is 0. The van der Waals surface area contributed by atoms with Gasteiger partial charge in [-0.2, -0.15) is 13.2 Å². The molecule has 0 aromatic carbocycles. The Labute approximate surface area is 177 Å². The van der Waals surface area contributed by atoms with E-state index in [0.29, 0.717) is 50.0 Å². The fourth-order valence-electron chi connectivity index (χ4n) is 3.61. The topological polar surface area (TPSA) is 67.8 Å². The van der Waals surface area contributed by atoms with Crippen molar-refractivity contribution in [2.75, 3.05) is 44.3 Å². The SMILES string of the molecule is O=C(c1ccc(OC[C@H]2CCCO2)nc1)N1CCN(c2ccc(C(F)(F)F)cn2)CC1. The van der Waals surface area contributed by atoms with Crippen molar-refractivity contribution in [2.45, 2.75) is 25.1 Å². The Kier molecular flexibility index (Phi) is 6.26. The van der Waals surface area contributed by atoms with Gasteiger partial charge in [0, 0.05) is 51.2 Å². The number of rotatable bonds is 5. The van der Waals surface area contributed by atoms with Gasteiger partial charge in [0.15, 0.2) is 0 Å². The first-order valence-electron chi connectivity index (χ1n) is 10.2. The van der Waals surface area contributed by atoms with Crippen LogP contribution in [0.2, 0.25) is 0 Å². The summed E-state index contributed by atoms with van der Waals surface area (Å²) in [5.41, 5.74) is -0.314. The normalized spacial score (nSPS) is 19.5. The first kappa shape index (κ1) is 21.4. The summed E-state index contributed by atoms with van der Waals surface area (Å²) in [5, 5.41) is 0. The van der Waals surface area contributed by atoms with Crippen molar-refractivity contribution >= 4 is 11.7 Å². The van der Waals surface area contributed by atoms with Gasteiger partial charge >= 0.3 is 6.18 Å². The molecule has 4 heterocycles. The number of halogens is 3. The molecular formula is C21H23F3N4O3. The van der Waals surface area contributed by atoms with Crippen molar-refractivity contribution < 1.29 is 27.4 Å². The molecule has 0 N–H and O–H groups in total. The van der Waals surface area contributed by atoms with Crippen molar-refractivity contribution in [2.24, 2.45) is 0 Å². The van der Waals surface area contributed by atoms with E-state index in [0.717, 1.165) is 31.7 Å². The maximum Gasteiger partial charge on any atom is 0.417 e. The first-order valence-corrected chi connectivity index (χ1v) is 10.2. The highest BCUT2D eigenvalue weighted by atomic mass is 19.4. The maximum atomic E-state index is 12.7. The molecule has 0 unspecified atom stereocenters. The molecule has 166 valence electrons. The molecule has 2 fully saturated rings. The third-order valence-corrected chi connectivity index (χ3v) is 5.39. The first-order chi connectivity index (χ1) is 14.9. The standard InChI is InChI=1S/C21H23F3N4O3/c22-21(23,24)16-4-5-18(25-13-16)27-7-9-28(10-8-27)20(29)15-3-6-19(26-12-15)31-14-17-2-1-11-30-17/h3-6,12-13,17H,1-2,7-11,14H2/t17-/m1/s1. The summed E-state index contributed by atoms with van der Waals surface area (Å²) in [5.74, 6) is 0.776. The van der Waals surface area contributed by atoms with Crippen molar-refractivity contribution in [1.82, 2.24) is 14.9 Å². The largest absolute Gasteiger partial charge is 0.475 e. The summed E-state index contributed by atoms with van der Waals surface area (Å²) < 4.78 is 49.2. The second kappa shape index (κ2) is 9.09. The van der Waals surface area contributed by atoms with E-state index in [2.05, 4.69) is 9.97 Å². The van der Waals surface area contributed by atoms with Crippen molar-refractivity contribution in [1.29, 1.82) is 0 Å². The Bertz CT molecular complexity index is 876. The average Bonchev–Trinajstić information content (AvgIpc) is 3.31. The van der Waals surface area contributed by atoms with E-state index < -0.39 is 11.7 Å². The summed E-state index contributed by atoms with van der Waals surface area (Å²) in [7, 11) is 0. The fourth-order valence-corrected chi connectivity index (χ4v) is 3.61. The molecule has 4 rings (SSSR count). The number of amides is 1. The lowest BCUT2D eigenvalue weighted by Crippen LogP contribution is -2.49. The van der Waals surface area contributed by atoms with Crippen LogP contribution in [0.3, 0.4) is 0 Å². The van der Waals surface area contributed by atoms with E-state index in [9.17, 15) is 18.0 Å². The number of anilines is 1. The van der Waals surface area contributed by atoms with Crippen LogP contribution in [0.1, 0.15) is 28.8 Å². The summed E-state index contributed by atoms with van der Waals surface area (Å²) >= 11 is 0. The van der Waals surface area contributed by atoms with Crippen LogP contribution in [-0.2, 0) is 10.9 Å². The van der Waals surface area contributed by atoms with E-state index in [1.807, 2.05) is 4.90 Å². The molecule has 2 saturated heterocycles. The molecule has 0 spiro atoms. The van der Waals surface area contributed by atoms with Gasteiger partial charge in [-0.1, -0.05) is 0 Å². The minimum atomic E-state index is -4.41. The smallest absolute Gasteiger partial charge is 0.417 e. The molecule has 31 heavy (non-hydrogen) atoms.